The van der Waals surface area contributed by atoms with Crippen molar-refractivity contribution < 1.29 is 90.6 Å². The molecule has 0 unspecified atom stereocenters. The summed E-state index contributed by atoms with van der Waals surface area (Å²) >= 11 is 0. The van der Waals surface area contributed by atoms with Crippen LogP contribution in [0.4, 0.5) is 0 Å². The average molecular weight is 303 g/mol. The Balaban J connectivity index is -0.000000720. The van der Waals surface area contributed by atoms with Crippen LogP contribution in [0.5, 0.6) is 0 Å². The summed E-state index contributed by atoms with van der Waals surface area (Å²) in [6, 6.07) is 0. The SMILES string of the molecule is O=C([O-])CC(O)(CC(=O)[O-])C(=O)[O-].[Na+].[Zr+4]. The standard InChI is InChI=1S/C6H8O7.Na.Zr/c7-3(8)1-6(13,5(11)12)2-4(9)10;;/h13H,1-2H2,(H,7,8)(H,9,10)(H,11,12);;/q;+1;+4/p-3. The zero-order chi connectivity index (χ0) is 10.6. The van der Waals surface area contributed by atoms with Crippen molar-refractivity contribution in [3.63, 3.8) is 0 Å². The number of carboxylic acids is 3. The van der Waals surface area contributed by atoms with E-state index in [4.69, 9.17) is 5.11 Å². The van der Waals surface area contributed by atoms with Gasteiger partial charge in [-0.15, -0.1) is 0 Å². The van der Waals surface area contributed by atoms with Gasteiger partial charge in [0.05, 0.1) is 5.97 Å². The maximum Gasteiger partial charge on any atom is 4.00 e. The summed E-state index contributed by atoms with van der Waals surface area (Å²) in [5, 5.41) is 38.9. The molecule has 0 saturated carbocycles. The van der Waals surface area contributed by atoms with Gasteiger partial charge in [0.25, 0.3) is 0 Å². The molecule has 0 saturated heterocycles. The van der Waals surface area contributed by atoms with E-state index in [1.165, 1.54) is 0 Å². The van der Waals surface area contributed by atoms with Crippen LogP contribution in [0, 0.1) is 0 Å². The van der Waals surface area contributed by atoms with E-state index in [9.17, 15) is 29.7 Å². The zero-order valence-corrected chi connectivity index (χ0v) is 12.3. The Morgan fingerprint density at radius 1 is 1.00 bits per heavy atom. The number of hydrogen-bond donors (Lipinski definition) is 1. The molecular formula is C6H5NaO7Zr+2. The number of rotatable bonds is 5. The molecule has 74 valence electrons. The molecule has 7 nitrogen and oxygen atoms in total. The van der Waals surface area contributed by atoms with Crippen LogP contribution in [0.15, 0.2) is 0 Å². The van der Waals surface area contributed by atoms with Gasteiger partial charge >= 0.3 is 55.8 Å². The molecule has 0 spiro atoms. The Labute approximate surface area is 126 Å². The first kappa shape index (κ1) is 20.6. The largest absolute Gasteiger partial charge is 4.00 e. The first-order chi connectivity index (χ1) is 5.78. The first-order valence-electron chi connectivity index (χ1n) is 3.11. The van der Waals surface area contributed by atoms with Crippen LogP contribution in [-0.4, -0.2) is 28.6 Å². The fourth-order valence-electron chi connectivity index (χ4n) is 0.684. The summed E-state index contributed by atoms with van der Waals surface area (Å²) < 4.78 is 0. The van der Waals surface area contributed by atoms with Crippen molar-refractivity contribution in [1.82, 2.24) is 0 Å². The molecule has 0 aliphatic rings. The molecule has 0 amide bonds. The maximum absolute atomic E-state index is 10.1. The van der Waals surface area contributed by atoms with Crippen molar-refractivity contribution in [2.45, 2.75) is 18.4 Å². The zero-order valence-electron chi connectivity index (χ0n) is 7.81. The second-order valence-corrected chi connectivity index (χ2v) is 2.42. The molecule has 0 rings (SSSR count). The van der Waals surface area contributed by atoms with Gasteiger partial charge in [-0.2, -0.15) is 0 Å². The summed E-state index contributed by atoms with van der Waals surface area (Å²) in [4.78, 5) is 30.0. The summed E-state index contributed by atoms with van der Waals surface area (Å²) in [6.45, 7) is 0. The van der Waals surface area contributed by atoms with Crippen LogP contribution in [-0.2, 0) is 40.6 Å². The van der Waals surface area contributed by atoms with Gasteiger partial charge in [-0.05, 0) is 0 Å². The van der Waals surface area contributed by atoms with Crippen molar-refractivity contribution in [3.8, 4) is 0 Å². The first-order valence-corrected chi connectivity index (χ1v) is 3.11. The minimum Gasteiger partial charge on any atom is -0.550 e. The molecule has 0 bridgehead atoms. The third kappa shape index (κ3) is 8.10. The van der Waals surface area contributed by atoms with E-state index in [1.807, 2.05) is 0 Å². The van der Waals surface area contributed by atoms with Gasteiger partial charge in [-0.1, -0.05) is 0 Å². The van der Waals surface area contributed by atoms with E-state index in [2.05, 4.69) is 0 Å². The van der Waals surface area contributed by atoms with Crippen LogP contribution < -0.4 is 44.9 Å². The monoisotopic (exact) mass is 302 g/mol. The Hall–Kier alpha value is 0.253. The van der Waals surface area contributed by atoms with E-state index in [0.717, 1.165) is 0 Å². The fraction of sp³-hybridized carbons (Fsp3) is 0.500. The van der Waals surface area contributed by atoms with Gasteiger partial charge in [-0.3, -0.25) is 0 Å². The van der Waals surface area contributed by atoms with E-state index >= 15 is 0 Å². The molecule has 1 N–H and O–H groups in total. The summed E-state index contributed by atoms with van der Waals surface area (Å²) in [5.41, 5.74) is -2.97. The predicted molar refractivity (Wildman–Crippen MR) is 29.2 cm³/mol. The van der Waals surface area contributed by atoms with Gasteiger partial charge in [-0.25, -0.2) is 0 Å². The number of aliphatic hydroxyl groups is 1. The molecule has 15 heavy (non-hydrogen) atoms. The normalized spacial score (nSPS) is 9.40. The van der Waals surface area contributed by atoms with Crippen LogP contribution in [0.1, 0.15) is 12.8 Å². The van der Waals surface area contributed by atoms with Crippen molar-refractivity contribution in [2.24, 2.45) is 0 Å². The van der Waals surface area contributed by atoms with Crippen molar-refractivity contribution in [2.75, 3.05) is 0 Å². The molecule has 0 radical (unpaired) electrons. The van der Waals surface area contributed by atoms with E-state index in [1.54, 1.807) is 0 Å². The Morgan fingerprint density at radius 2 is 1.27 bits per heavy atom. The number of carbonyl (C=O) groups is 3. The smallest absolute Gasteiger partial charge is 0.550 e. The second-order valence-electron chi connectivity index (χ2n) is 2.42. The topological polar surface area (TPSA) is 141 Å². The maximum atomic E-state index is 10.1. The third-order valence-electron chi connectivity index (χ3n) is 1.25. The summed E-state index contributed by atoms with van der Waals surface area (Å²) in [7, 11) is 0. The molecule has 0 atom stereocenters. The predicted octanol–water partition coefficient (Wildman–Crippen LogP) is -8.25. The number of carbonyl (C=O) groups excluding carboxylic acids is 3. The van der Waals surface area contributed by atoms with Gasteiger partial charge in [0, 0.05) is 24.8 Å². The number of carboxylic acid groups (broad SMARTS) is 3. The Kier molecular flexibility index (Phi) is 11.6. The molecule has 0 aliphatic carbocycles. The molecule has 0 fully saturated rings. The summed E-state index contributed by atoms with van der Waals surface area (Å²) in [6.07, 6.45) is -2.72. The van der Waals surface area contributed by atoms with Crippen molar-refractivity contribution >= 4 is 17.9 Å². The van der Waals surface area contributed by atoms with E-state index < -0.39 is 36.4 Å². The van der Waals surface area contributed by atoms with Crippen molar-refractivity contribution in [3.05, 3.63) is 0 Å². The minimum absolute atomic E-state index is 0. The van der Waals surface area contributed by atoms with Crippen molar-refractivity contribution in [1.29, 1.82) is 0 Å². The quantitative estimate of drug-likeness (QED) is 0.497. The van der Waals surface area contributed by atoms with E-state index in [-0.39, 0.29) is 55.8 Å². The number of hydrogen-bond acceptors (Lipinski definition) is 7. The van der Waals surface area contributed by atoms with Gasteiger partial charge in [0.2, 0.25) is 0 Å². The minimum atomic E-state index is -2.97. The molecule has 0 aromatic heterocycles. The molecule has 0 aromatic carbocycles. The number of aliphatic carboxylic acids is 3. The van der Waals surface area contributed by atoms with Crippen LogP contribution in [0.2, 0.25) is 0 Å². The van der Waals surface area contributed by atoms with Gasteiger partial charge in [0.1, 0.15) is 5.60 Å². The molecule has 0 heterocycles. The van der Waals surface area contributed by atoms with Crippen LogP contribution >= 0.6 is 0 Å². The van der Waals surface area contributed by atoms with Crippen LogP contribution in [0.3, 0.4) is 0 Å². The Morgan fingerprint density at radius 3 is 1.40 bits per heavy atom. The van der Waals surface area contributed by atoms with Gasteiger partial charge in [0.15, 0.2) is 0 Å². The molecular weight excluding hydrogens is 298 g/mol. The second kappa shape index (κ2) is 8.41. The van der Waals surface area contributed by atoms with Gasteiger partial charge < -0.3 is 34.8 Å². The fourth-order valence-corrected chi connectivity index (χ4v) is 0.684. The van der Waals surface area contributed by atoms with Crippen LogP contribution in [0.25, 0.3) is 0 Å². The average Bonchev–Trinajstić information content (AvgIpc) is 1.82. The third-order valence-corrected chi connectivity index (χ3v) is 1.25. The molecule has 0 aromatic rings. The molecule has 0 aliphatic heterocycles. The molecule has 9 heteroatoms. The Bertz CT molecular complexity index is 238. The summed E-state index contributed by atoms with van der Waals surface area (Å²) in [5.74, 6) is -5.98. The van der Waals surface area contributed by atoms with E-state index in [0.29, 0.717) is 0 Å².